The number of unbranched alkanes of at least 4 members (excludes halogenated alkanes) is 9. The Morgan fingerprint density at radius 1 is 0.893 bits per heavy atom. The van der Waals surface area contributed by atoms with Crippen molar-refractivity contribution in [3.8, 4) is 0 Å². The third-order valence-corrected chi connectivity index (χ3v) is 5.85. The highest BCUT2D eigenvalue weighted by atomic mass is 16.5. The highest BCUT2D eigenvalue weighted by Crippen LogP contribution is 2.30. The molecule has 0 bridgehead atoms. The minimum Gasteiger partial charge on any atom is -0.465 e. The van der Waals surface area contributed by atoms with Gasteiger partial charge in [-0.2, -0.15) is 0 Å². The summed E-state index contributed by atoms with van der Waals surface area (Å²) in [6.07, 6.45) is 14.9. The Labute approximate surface area is 174 Å². The van der Waals surface area contributed by atoms with Crippen LogP contribution in [0.25, 0.3) is 0 Å². The molecule has 2 nitrogen and oxygen atoms in total. The molecule has 1 aromatic carbocycles. The van der Waals surface area contributed by atoms with Gasteiger partial charge in [-0.25, -0.2) is 0 Å². The van der Waals surface area contributed by atoms with E-state index in [0.717, 1.165) is 19.3 Å². The van der Waals surface area contributed by atoms with Gasteiger partial charge in [0.05, 0.1) is 12.0 Å². The van der Waals surface area contributed by atoms with E-state index in [4.69, 9.17) is 4.74 Å². The first-order valence-electron chi connectivity index (χ1n) is 11.7. The Kier molecular flexibility index (Phi) is 12.9. The smallest absolute Gasteiger partial charge is 0.311 e. The fraction of sp³-hybridized carbons (Fsp3) is 0.731. The zero-order valence-electron chi connectivity index (χ0n) is 19.0. The molecule has 0 spiro atoms. The molecular formula is C26H44O2. The standard InChI is InChI=1S/C26H44O2/c1-5-6-7-8-9-10-11-12-13-17-22-28-25(27)26(3,4)21-20-23(2)24-18-15-14-16-19-24/h14-16,18-19,23H,5-13,17,20-22H2,1-4H3. The molecule has 2 heteroatoms. The molecule has 0 aliphatic carbocycles. The summed E-state index contributed by atoms with van der Waals surface area (Å²) >= 11 is 0. The van der Waals surface area contributed by atoms with E-state index in [9.17, 15) is 4.79 Å². The molecule has 1 unspecified atom stereocenters. The van der Waals surface area contributed by atoms with Crippen LogP contribution in [-0.2, 0) is 9.53 Å². The van der Waals surface area contributed by atoms with Gasteiger partial charge < -0.3 is 4.74 Å². The van der Waals surface area contributed by atoms with E-state index in [-0.39, 0.29) is 5.97 Å². The van der Waals surface area contributed by atoms with Gasteiger partial charge in [-0.15, -0.1) is 0 Å². The van der Waals surface area contributed by atoms with Crippen LogP contribution in [0.4, 0.5) is 0 Å². The predicted octanol–water partition coefficient (Wildman–Crippen LogP) is 8.06. The first kappa shape index (κ1) is 24.7. The zero-order chi connectivity index (χ0) is 20.7. The van der Waals surface area contributed by atoms with Crippen LogP contribution >= 0.6 is 0 Å². The minimum atomic E-state index is -0.401. The maximum Gasteiger partial charge on any atom is 0.311 e. The van der Waals surface area contributed by atoms with E-state index in [0.29, 0.717) is 12.5 Å². The summed E-state index contributed by atoms with van der Waals surface area (Å²) in [6.45, 7) is 9.12. The lowest BCUT2D eigenvalue weighted by molar-refractivity contribution is -0.154. The fourth-order valence-corrected chi connectivity index (χ4v) is 3.58. The summed E-state index contributed by atoms with van der Waals surface area (Å²) in [5, 5.41) is 0. The first-order valence-corrected chi connectivity index (χ1v) is 11.7. The van der Waals surface area contributed by atoms with Crippen molar-refractivity contribution in [2.24, 2.45) is 5.41 Å². The van der Waals surface area contributed by atoms with Crippen LogP contribution in [0, 0.1) is 5.41 Å². The van der Waals surface area contributed by atoms with Crippen molar-refractivity contribution in [2.75, 3.05) is 6.61 Å². The average molecular weight is 389 g/mol. The second kappa shape index (κ2) is 14.7. The summed E-state index contributed by atoms with van der Waals surface area (Å²) in [5.74, 6) is 0.430. The summed E-state index contributed by atoms with van der Waals surface area (Å²) in [4.78, 5) is 12.5. The number of carbonyl (C=O) groups is 1. The monoisotopic (exact) mass is 388 g/mol. The molecule has 0 aliphatic rings. The van der Waals surface area contributed by atoms with E-state index in [2.05, 4.69) is 38.1 Å². The third-order valence-electron chi connectivity index (χ3n) is 5.85. The van der Waals surface area contributed by atoms with E-state index in [1.807, 2.05) is 19.9 Å². The van der Waals surface area contributed by atoms with Crippen molar-refractivity contribution >= 4 is 5.97 Å². The minimum absolute atomic E-state index is 0.0383. The van der Waals surface area contributed by atoms with E-state index < -0.39 is 5.41 Å². The van der Waals surface area contributed by atoms with Crippen molar-refractivity contribution < 1.29 is 9.53 Å². The van der Waals surface area contributed by atoms with Crippen LogP contribution in [-0.4, -0.2) is 12.6 Å². The Morgan fingerprint density at radius 2 is 1.43 bits per heavy atom. The zero-order valence-corrected chi connectivity index (χ0v) is 19.0. The second-order valence-corrected chi connectivity index (χ2v) is 9.05. The third kappa shape index (κ3) is 10.9. The van der Waals surface area contributed by atoms with Crippen LogP contribution in [0.5, 0.6) is 0 Å². The van der Waals surface area contributed by atoms with Crippen molar-refractivity contribution in [2.45, 2.75) is 111 Å². The number of ether oxygens (including phenoxy) is 1. The van der Waals surface area contributed by atoms with Crippen molar-refractivity contribution in [3.05, 3.63) is 35.9 Å². The van der Waals surface area contributed by atoms with Crippen LogP contribution < -0.4 is 0 Å². The van der Waals surface area contributed by atoms with Gasteiger partial charge in [-0.05, 0) is 44.6 Å². The normalized spacial score (nSPS) is 12.7. The van der Waals surface area contributed by atoms with Gasteiger partial charge in [-0.3, -0.25) is 4.79 Å². The summed E-state index contributed by atoms with van der Waals surface area (Å²) in [5.41, 5.74) is 0.943. The maximum atomic E-state index is 12.5. The summed E-state index contributed by atoms with van der Waals surface area (Å²) in [7, 11) is 0. The Bertz CT molecular complexity index is 506. The van der Waals surface area contributed by atoms with Crippen LogP contribution in [0.3, 0.4) is 0 Å². The SMILES string of the molecule is CCCCCCCCCCCCOC(=O)C(C)(C)CCC(C)c1ccccc1. The second-order valence-electron chi connectivity index (χ2n) is 9.05. The largest absolute Gasteiger partial charge is 0.465 e. The molecule has 0 saturated carbocycles. The number of rotatable bonds is 16. The van der Waals surface area contributed by atoms with Gasteiger partial charge in [0, 0.05) is 0 Å². The van der Waals surface area contributed by atoms with Gasteiger partial charge in [0.15, 0.2) is 0 Å². The number of carbonyl (C=O) groups excluding carboxylic acids is 1. The van der Waals surface area contributed by atoms with Gasteiger partial charge >= 0.3 is 5.97 Å². The highest BCUT2D eigenvalue weighted by Gasteiger charge is 2.29. The summed E-state index contributed by atoms with van der Waals surface area (Å²) < 4.78 is 5.58. The molecule has 1 aromatic rings. The fourth-order valence-electron chi connectivity index (χ4n) is 3.58. The van der Waals surface area contributed by atoms with E-state index >= 15 is 0 Å². The molecule has 0 radical (unpaired) electrons. The van der Waals surface area contributed by atoms with E-state index in [1.165, 1.54) is 63.4 Å². The summed E-state index contributed by atoms with van der Waals surface area (Å²) in [6, 6.07) is 10.5. The highest BCUT2D eigenvalue weighted by molar-refractivity contribution is 5.75. The number of hydrogen-bond acceptors (Lipinski definition) is 2. The molecule has 1 atom stereocenters. The Balaban J connectivity index is 2.08. The Hall–Kier alpha value is -1.31. The molecular weight excluding hydrogens is 344 g/mol. The number of hydrogen-bond donors (Lipinski definition) is 0. The molecule has 0 amide bonds. The van der Waals surface area contributed by atoms with Crippen molar-refractivity contribution in [1.82, 2.24) is 0 Å². The lowest BCUT2D eigenvalue weighted by atomic mass is 9.83. The van der Waals surface area contributed by atoms with E-state index in [1.54, 1.807) is 0 Å². The average Bonchev–Trinajstić information content (AvgIpc) is 2.70. The van der Waals surface area contributed by atoms with Crippen molar-refractivity contribution in [1.29, 1.82) is 0 Å². The maximum absolute atomic E-state index is 12.5. The lowest BCUT2D eigenvalue weighted by Gasteiger charge is -2.24. The predicted molar refractivity (Wildman–Crippen MR) is 121 cm³/mol. The molecule has 160 valence electrons. The quantitative estimate of drug-likeness (QED) is 0.211. The molecule has 28 heavy (non-hydrogen) atoms. The van der Waals surface area contributed by atoms with Gasteiger partial charge in [0.2, 0.25) is 0 Å². The van der Waals surface area contributed by atoms with Crippen molar-refractivity contribution in [3.63, 3.8) is 0 Å². The Morgan fingerprint density at radius 3 is 2.00 bits per heavy atom. The lowest BCUT2D eigenvalue weighted by Crippen LogP contribution is -2.27. The topological polar surface area (TPSA) is 26.3 Å². The van der Waals surface area contributed by atoms with Crippen LogP contribution in [0.15, 0.2) is 30.3 Å². The molecule has 0 N–H and O–H groups in total. The first-order chi connectivity index (χ1) is 13.5. The van der Waals surface area contributed by atoms with Gasteiger partial charge in [0.25, 0.3) is 0 Å². The van der Waals surface area contributed by atoms with Crippen LogP contribution in [0.1, 0.15) is 116 Å². The molecule has 0 heterocycles. The number of esters is 1. The molecule has 1 rings (SSSR count). The molecule has 0 aliphatic heterocycles. The molecule has 0 aromatic heterocycles. The van der Waals surface area contributed by atoms with Gasteiger partial charge in [-0.1, -0.05) is 102 Å². The van der Waals surface area contributed by atoms with Gasteiger partial charge in [0.1, 0.15) is 0 Å². The molecule has 0 saturated heterocycles. The number of benzene rings is 1. The molecule has 0 fully saturated rings. The van der Waals surface area contributed by atoms with Crippen LogP contribution in [0.2, 0.25) is 0 Å².